The van der Waals surface area contributed by atoms with Gasteiger partial charge in [-0.05, 0) is 42.0 Å². The van der Waals surface area contributed by atoms with Crippen LogP contribution in [-0.4, -0.2) is 18.2 Å². The van der Waals surface area contributed by atoms with Crippen LogP contribution in [0.2, 0.25) is 0 Å². The second-order valence-corrected chi connectivity index (χ2v) is 4.88. The van der Waals surface area contributed by atoms with Crippen LogP contribution >= 0.6 is 12.2 Å². The van der Waals surface area contributed by atoms with Gasteiger partial charge >= 0.3 is 5.97 Å². The SMILES string of the molecule is COC(=O)c1ccccc1NC(=S)NCc1ccc(F)cc1. The van der Waals surface area contributed by atoms with Gasteiger partial charge in [-0.2, -0.15) is 0 Å². The Morgan fingerprint density at radius 3 is 2.55 bits per heavy atom. The van der Waals surface area contributed by atoms with Gasteiger partial charge in [0, 0.05) is 6.54 Å². The van der Waals surface area contributed by atoms with E-state index in [1.165, 1.54) is 19.2 Å². The first-order valence-corrected chi connectivity index (χ1v) is 6.97. The van der Waals surface area contributed by atoms with E-state index in [2.05, 4.69) is 10.6 Å². The van der Waals surface area contributed by atoms with E-state index in [0.29, 0.717) is 22.9 Å². The lowest BCUT2D eigenvalue weighted by atomic mass is 10.2. The quantitative estimate of drug-likeness (QED) is 0.670. The van der Waals surface area contributed by atoms with E-state index in [4.69, 9.17) is 17.0 Å². The molecule has 0 saturated carbocycles. The first-order valence-electron chi connectivity index (χ1n) is 6.57. The minimum atomic E-state index is -0.440. The highest BCUT2D eigenvalue weighted by Crippen LogP contribution is 2.15. The van der Waals surface area contributed by atoms with Crippen LogP contribution in [0.4, 0.5) is 10.1 Å². The average Bonchev–Trinajstić information content (AvgIpc) is 2.54. The molecule has 2 N–H and O–H groups in total. The number of rotatable bonds is 4. The summed E-state index contributed by atoms with van der Waals surface area (Å²) >= 11 is 5.19. The Labute approximate surface area is 133 Å². The zero-order valence-corrected chi connectivity index (χ0v) is 12.7. The van der Waals surface area contributed by atoms with E-state index < -0.39 is 5.97 Å². The molecule has 0 bridgehead atoms. The van der Waals surface area contributed by atoms with E-state index in [1.54, 1.807) is 36.4 Å². The summed E-state index contributed by atoms with van der Waals surface area (Å²) in [6, 6.07) is 13.0. The van der Waals surface area contributed by atoms with Gasteiger partial charge in [0.1, 0.15) is 5.82 Å². The Kier molecular flexibility index (Phi) is 5.43. The summed E-state index contributed by atoms with van der Waals surface area (Å²) in [5.74, 6) is -0.721. The van der Waals surface area contributed by atoms with Crippen molar-refractivity contribution in [3.63, 3.8) is 0 Å². The van der Waals surface area contributed by atoms with Crippen molar-refractivity contribution in [3.05, 3.63) is 65.5 Å². The fourth-order valence-corrected chi connectivity index (χ4v) is 2.01. The van der Waals surface area contributed by atoms with Crippen LogP contribution in [0.15, 0.2) is 48.5 Å². The highest BCUT2D eigenvalue weighted by atomic mass is 32.1. The van der Waals surface area contributed by atoms with Crippen molar-refractivity contribution in [3.8, 4) is 0 Å². The van der Waals surface area contributed by atoms with Crippen molar-refractivity contribution in [2.75, 3.05) is 12.4 Å². The second-order valence-electron chi connectivity index (χ2n) is 4.47. The van der Waals surface area contributed by atoms with Gasteiger partial charge in [0.05, 0.1) is 18.4 Å². The van der Waals surface area contributed by atoms with Gasteiger partial charge in [-0.25, -0.2) is 9.18 Å². The minimum absolute atomic E-state index is 0.281. The second kappa shape index (κ2) is 7.51. The minimum Gasteiger partial charge on any atom is -0.465 e. The molecule has 4 nitrogen and oxygen atoms in total. The number of hydrogen-bond acceptors (Lipinski definition) is 3. The first kappa shape index (κ1) is 15.9. The molecule has 0 aliphatic heterocycles. The number of halogens is 1. The molecule has 0 saturated heterocycles. The van der Waals surface area contributed by atoms with Crippen LogP contribution in [0.5, 0.6) is 0 Å². The van der Waals surface area contributed by atoms with E-state index >= 15 is 0 Å². The molecule has 0 aromatic heterocycles. The van der Waals surface area contributed by atoms with E-state index in [9.17, 15) is 9.18 Å². The number of methoxy groups -OCH3 is 1. The zero-order chi connectivity index (χ0) is 15.9. The molecule has 2 rings (SSSR count). The monoisotopic (exact) mass is 318 g/mol. The van der Waals surface area contributed by atoms with Crippen LogP contribution in [0.25, 0.3) is 0 Å². The fraction of sp³-hybridized carbons (Fsp3) is 0.125. The largest absolute Gasteiger partial charge is 0.465 e. The summed E-state index contributed by atoms with van der Waals surface area (Å²) in [5.41, 5.74) is 1.86. The predicted octanol–water partition coefficient (Wildman–Crippen LogP) is 3.10. The Morgan fingerprint density at radius 2 is 1.86 bits per heavy atom. The van der Waals surface area contributed by atoms with Crippen LogP contribution in [-0.2, 0) is 11.3 Å². The summed E-state index contributed by atoms with van der Waals surface area (Å²) < 4.78 is 17.5. The molecule has 6 heteroatoms. The van der Waals surface area contributed by atoms with Crippen molar-refractivity contribution in [1.82, 2.24) is 5.32 Å². The number of benzene rings is 2. The molecule has 2 aromatic rings. The third-order valence-electron chi connectivity index (χ3n) is 2.95. The van der Waals surface area contributed by atoms with Gasteiger partial charge in [-0.3, -0.25) is 0 Å². The molecule has 0 radical (unpaired) electrons. The van der Waals surface area contributed by atoms with Crippen LogP contribution in [0.1, 0.15) is 15.9 Å². The van der Waals surface area contributed by atoms with Crippen molar-refractivity contribution < 1.29 is 13.9 Å². The third-order valence-corrected chi connectivity index (χ3v) is 3.19. The van der Waals surface area contributed by atoms with Crippen molar-refractivity contribution in [2.45, 2.75) is 6.54 Å². The Morgan fingerprint density at radius 1 is 1.18 bits per heavy atom. The van der Waals surface area contributed by atoms with Crippen LogP contribution in [0, 0.1) is 5.82 Å². The molecule has 0 fully saturated rings. The maximum absolute atomic E-state index is 12.8. The Bertz CT molecular complexity index is 674. The number of esters is 1. The maximum atomic E-state index is 12.8. The van der Waals surface area contributed by atoms with Gasteiger partial charge in [0.25, 0.3) is 0 Å². The zero-order valence-electron chi connectivity index (χ0n) is 11.9. The number of carbonyl (C=O) groups excluding carboxylic acids is 1. The third kappa shape index (κ3) is 4.26. The fourth-order valence-electron chi connectivity index (χ4n) is 1.83. The van der Waals surface area contributed by atoms with E-state index in [-0.39, 0.29) is 5.82 Å². The Balaban J connectivity index is 1.97. The number of anilines is 1. The summed E-state index contributed by atoms with van der Waals surface area (Å²) in [7, 11) is 1.32. The average molecular weight is 318 g/mol. The van der Waals surface area contributed by atoms with Gasteiger partial charge < -0.3 is 15.4 Å². The number of carbonyl (C=O) groups is 1. The van der Waals surface area contributed by atoms with Crippen LogP contribution < -0.4 is 10.6 Å². The predicted molar refractivity (Wildman–Crippen MR) is 87.2 cm³/mol. The van der Waals surface area contributed by atoms with E-state index in [1.807, 2.05) is 0 Å². The number of nitrogens with one attached hydrogen (secondary N) is 2. The standard InChI is InChI=1S/C16H15FN2O2S/c1-21-15(20)13-4-2-3-5-14(13)19-16(22)18-10-11-6-8-12(17)9-7-11/h2-9H,10H2,1H3,(H2,18,19,22). The molecule has 0 spiro atoms. The molecule has 0 heterocycles. The normalized spacial score (nSPS) is 9.91. The Hall–Kier alpha value is -2.47. The molecular weight excluding hydrogens is 303 g/mol. The highest BCUT2D eigenvalue weighted by Gasteiger charge is 2.11. The van der Waals surface area contributed by atoms with E-state index in [0.717, 1.165) is 5.56 Å². The number of thiocarbonyl (C=S) groups is 1. The molecule has 0 aliphatic rings. The van der Waals surface area contributed by atoms with Gasteiger partial charge in [0.2, 0.25) is 0 Å². The topological polar surface area (TPSA) is 50.4 Å². The molecule has 2 aromatic carbocycles. The summed E-state index contributed by atoms with van der Waals surface area (Å²) in [6.45, 7) is 0.451. The molecule has 114 valence electrons. The van der Waals surface area contributed by atoms with Crippen molar-refractivity contribution >= 4 is 29.0 Å². The van der Waals surface area contributed by atoms with Gasteiger partial charge in [-0.15, -0.1) is 0 Å². The molecule has 22 heavy (non-hydrogen) atoms. The van der Waals surface area contributed by atoms with Crippen molar-refractivity contribution in [1.29, 1.82) is 0 Å². The number of hydrogen-bond donors (Lipinski definition) is 2. The molecule has 0 unspecified atom stereocenters. The summed E-state index contributed by atoms with van der Waals surface area (Å²) in [6.07, 6.45) is 0. The lowest BCUT2D eigenvalue weighted by molar-refractivity contribution is 0.0602. The lowest BCUT2D eigenvalue weighted by Gasteiger charge is -2.13. The molecule has 0 aliphatic carbocycles. The van der Waals surface area contributed by atoms with Crippen molar-refractivity contribution in [2.24, 2.45) is 0 Å². The first-order chi connectivity index (χ1) is 10.6. The summed E-state index contributed by atoms with van der Waals surface area (Å²) in [5, 5.41) is 6.31. The highest BCUT2D eigenvalue weighted by molar-refractivity contribution is 7.80. The van der Waals surface area contributed by atoms with Gasteiger partial charge in [0.15, 0.2) is 5.11 Å². The maximum Gasteiger partial charge on any atom is 0.339 e. The van der Waals surface area contributed by atoms with Crippen LogP contribution in [0.3, 0.4) is 0 Å². The smallest absolute Gasteiger partial charge is 0.339 e. The lowest BCUT2D eigenvalue weighted by Crippen LogP contribution is -2.28. The van der Waals surface area contributed by atoms with Gasteiger partial charge in [-0.1, -0.05) is 24.3 Å². The molecule has 0 amide bonds. The number of para-hydroxylation sites is 1. The molecular formula is C16H15FN2O2S. The number of ether oxygens (including phenoxy) is 1. The summed E-state index contributed by atoms with van der Waals surface area (Å²) in [4.78, 5) is 11.7. The molecule has 0 atom stereocenters.